The van der Waals surface area contributed by atoms with Crippen molar-refractivity contribution in [3.05, 3.63) is 5.51 Å². The minimum atomic E-state index is 0.106. The zero-order chi connectivity index (χ0) is 10.6. The number of hydrogen-bond donors (Lipinski definition) is 2. The second-order valence-electron chi connectivity index (χ2n) is 4.32. The summed E-state index contributed by atoms with van der Waals surface area (Å²) < 4.78 is 0. The predicted octanol–water partition coefficient (Wildman–Crippen LogP) is 1.75. The Balaban J connectivity index is 2.60. The van der Waals surface area contributed by atoms with Gasteiger partial charge in [0.2, 0.25) is 5.13 Å². The lowest BCUT2D eigenvalue weighted by molar-refractivity contribution is 0.235. The molecule has 0 aromatic carbocycles. The fourth-order valence-electron chi connectivity index (χ4n) is 1.24. The van der Waals surface area contributed by atoms with Gasteiger partial charge < -0.3 is 10.4 Å². The maximum atomic E-state index is 8.96. The molecule has 0 aliphatic rings. The van der Waals surface area contributed by atoms with Crippen LogP contribution in [-0.2, 0) is 0 Å². The van der Waals surface area contributed by atoms with Crippen molar-refractivity contribution in [3.8, 4) is 0 Å². The lowest BCUT2D eigenvalue weighted by atomic mass is 9.85. The highest BCUT2D eigenvalue weighted by Crippen LogP contribution is 2.25. The van der Waals surface area contributed by atoms with Gasteiger partial charge in [0.25, 0.3) is 0 Å². The SMILES string of the molecule is CC(C)(C)C(CCO)Nc1nncs1. The van der Waals surface area contributed by atoms with E-state index >= 15 is 0 Å². The zero-order valence-electron chi connectivity index (χ0n) is 8.82. The van der Waals surface area contributed by atoms with Crippen LogP contribution in [0.3, 0.4) is 0 Å². The third-order valence-electron chi connectivity index (χ3n) is 2.12. The summed E-state index contributed by atoms with van der Waals surface area (Å²) in [6.45, 7) is 6.61. The molecular weight excluding hydrogens is 198 g/mol. The Morgan fingerprint density at radius 2 is 2.29 bits per heavy atom. The summed E-state index contributed by atoms with van der Waals surface area (Å²) in [7, 11) is 0. The summed E-state index contributed by atoms with van der Waals surface area (Å²) >= 11 is 1.48. The highest BCUT2D eigenvalue weighted by Gasteiger charge is 2.24. The second-order valence-corrected chi connectivity index (χ2v) is 5.15. The van der Waals surface area contributed by atoms with E-state index in [1.54, 1.807) is 5.51 Å². The summed E-state index contributed by atoms with van der Waals surface area (Å²) in [5.41, 5.74) is 1.80. The van der Waals surface area contributed by atoms with Crippen molar-refractivity contribution in [2.24, 2.45) is 5.41 Å². The normalized spacial score (nSPS) is 14.0. The number of aliphatic hydroxyl groups is 1. The van der Waals surface area contributed by atoms with E-state index in [9.17, 15) is 0 Å². The number of aliphatic hydroxyl groups excluding tert-OH is 1. The number of nitrogens with zero attached hydrogens (tertiary/aromatic N) is 2. The fourth-order valence-corrected chi connectivity index (χ4v) is 1.73. The van der Waals surface area contributed by atoms with Crippen LogP contribution >= 0.6 is 11.3 Å². The van der Waals surface area contributed by atoms with Gasteiger partial charge in [0.1, 0.15) is 5.51 Å². The molecule has 1 atom stereocenters. The van der Waals surface area contributed by atoms with E-state index in [0.29, 0.717) is 0 Å². The smallest absolute Gasteiger partial charge is 0.205 e. The highest BCUT2D eigenvalue weighted by molar-refractivity contribution is 7.13. The Bertz CT molecular complexity index is 256. The van der Waals surface area contributed by atoms with E-state index in [1.165, 1.54) is 11.3 Å². The van der Waals surface area contributed by atoms with Crippen LogP contribution in [0.4, 0.5) is 5.13 Å². The van der Waals surface area contributed by atoms with Gasteiger partial charge >= 0.3 is 0 Å². The van der Waals surface area contributed by atoms with Crippen molar-refractivity contribution in [2.75, 3.05) is 11.9 Å². The first-order valence-electron chi connectivity index (χ1n) is 4.67. The first-order chi connectivity index (χ1) is 6.54. The molecule has 1 rings (SSSR count). The van der Waals surface area contributed by atoms with Crippen molar-refractivity contribution in [3.63, 3.8) is 0 Å². The summed E-state index contributed by atoms with van der Waals surface area (Å²) in [4.78, 5) is 0. The van der Waals surface area contributed by atoms with Crippen LogP contribution in [0.1, 0.15) is 27.2 Å². The van der Waals surface area contributed by atoms with Gasteiger partial charge in [0.15, 0.2) is 0 Å². The van der Waals surface area contributed by atoms with Gasteiger partial charge in [-0.05, 0) is 11.8 Å². The van der Waals surface area contributed by atoms with E-state index < -0.39 is 0 Å². The van der Waals surface area contributed by atoms with Crippen molar-refractivity contribution in [1.82, 2.24) is 10.2 Å². The first-order valence-corrected chi connectivity index (χ1v) is 5.55. The minimum absolute atomic E-state index is 0.106. The zero-order valence-corrected chi connectivity index (χ0v) is 9.64. The van der Waals surface area contributed by atoms with Crippen molar-refractivity contribution in [1.29, 1.82) is 0 Å². The lowest BCUT2D eigenvalue weighted by Crippen LogP contribution is -2.34. The van der Waals surface area contributed by atoms with Crippen LogP contribution in [0.2, 0.25) is 0 Å². The molecule has 80 valence electrons. The molecule has 5 heteroatoms. The summed E-state index contributed by atoms with van der Waals surface area (Å²) in [6, 6.07) is 0.223. The van der Waals surface area contributed by atoms with E-state index in [2.05, 4.69) is 36.3 Å². The first kappa shape index (κ1) is 11.4. The molecule has 1 aromatic rings. The molecular formula is C9H17N3OS. The van der Waals surface area contributed by atoms with Crippen LogP contribution in [0.15, 0.2) is 5.51 Å². The van der Waals surface area contributed by atoms with Crippen LogP contribution in [0.5, 0.6) is 0 Å². The quantitative estimate of drug-likeness (QED) is 0.803. The van der Waals surface area contributed by atoms with Crippen LogP contribution in [0, 0.1) is 5.41 Å². The topological polar surface area (TPSA) is 58.0 Å². The van der Waals surface area contributed by atoms with Crippen molar-refractivity contribution in [2.45, 2.75) is 33.2 Å². The van der Waals surface area contributed by atoms with Gasteiger partial charge in [0, 0.05) is 12.6 Å². The third kappa shape index (κ3) is 3.23. The van der Waals surface area contributed by atoms with E-state index in [-0.39, 0.29) is 18.1 Å². The predicted molar refractivity (Wildman–Crippen MR) is 58.5 cm³/mol. The summed E-state index contributed by atoms with van der Waals surface area (Å²) in [5, 5.41) is 20.7. The highest BCUT2D eigenvalue weighted by atomic mass is 32.1. The van der Waals surface area contributed by atoms with Crippen LogP contribution < -0.4 is 5.32 Å². The molecule has 1 unspecified atom stereocenters. The Morgan fingerprint density at radius 3 is 2.71 bits per heavy atom. The second kappa shape index (κ2) is 4.70. The monoisotopic (exact) mass is 215 g/mol. The molecule has 0 fully saturated rings. The number of nitrogens with one attached hydrogen (secondary N) is 1. The Kier molecular flexibility index (Phi) is 3.83. The molecule has 2 N–H and O–H groups in total. The maximum absolute atomic E-state index is 8.96. The molecule has 1 aromatic heterocycles. The number of anilines is 1. The molecule has 0 bridgehead atoms. The van der Waals surface area contributed by atoms with E-state index in [0.717, 1.165) is 11.6 Å². The van der Waals surface area contributed by atoms with Gasteiger partial charge in [-0.1, -0.05) is 32.1 Å². The van der Waals surface area contributed by atoms with Gasteiger partial charge in [-0.25, -0.2) is 0 Å². The largest absolute Gasteiger partial charge is 0.396 e. The molecule has 0 saturated carbocycles. The molecule has 0 spiro atoms. The molecule has 0 aliphatic carbocycles. The van der Waals surface area contributed by atoms with E-state index in [1.807, 2.05) is 0 Å². The average molecular weight is 215 g/mol. The molecule has 14 heavy (non-hydrogen) atoms. The summed E-state index contributed by atoms with van der Waals surface area (Å²) in [5.74, 6) is 0. The van der Waals surface area contributed by atoms with Gasteiger partial charge in [0.05, 0.1) is 0 Å². The lowest BCUT2D eigenvalue weighted by Gasteiger charge is -2.30. The molecule has 0 amide bonds. The van der Waals surface area contributed by atoms with Gasteiger partial charge in [-0.3, -0.25) is 0 Å². The molecule has 4 nitrogen and oxygen atoms in total. The third-order valence-corrected chi connectivity index (χ3v) is 2.74. The summed E-state index contributed by atoms with van der Waals surface area (Å²) in [6.07, 6.45) is 0.725. The molecule has 0 aliphatic heterocycles. The Morgan fingerprint density at radius 1 is 1.57 bits per heavy atom. The average Bonchev–Trinajstić information content (AvgIpc) is 2.54. The van der Waals surface area contributed by atoms with Crippen molar-refractivity contribution < 1.29 is 5.11 Å². The standard InChI is InChI=1S/C9H17N3OS/c1-9(2,3)7(4-5-13)11-8-12-10-6-14-8/h6-7,13H,4-5H2,1-3H3,(H,11,12). The van der Waals surface area contributed by atoms with Crippen molar-refractivity contribution >= 4 is 16.5 Å². The molecule has 0 saturated heterocycles. The molecule has 1 heterocycles. The number of rotatable bonds is 4. The Labute approximate surface area is 88.4 Å². The fraction of sp³-hybridized carbons (Fsp3) is 0.778. The van der Waals surface area contributed by atoms with Crippen LogP contribution in [0.25, 0.3) is 0 Å². The van der Waals surface area contributed by atoms with Gasteiger partial charge in [-0.15, -0.1) is 10.2 Å². The number of hydrogen-bond acceptors (Lipinski definition) is 5. The number of aromatic nitrogens is 2. The molecule has 0 radical (unpaired) electrons. The maximum Gasteiger partial charge on any atom is 0.205 e. The van der Waals surface area contributed by atoms with Crippen LogP contribution in [-0.4, -0.2) is 28.0 Å². The Hall–Kier alpha value is -0.680. The van der Waals surface area contributed by atoms with E-state index in [4.69, 9.17) is 5.11 Å². The van der Waals surface area contributed by atoms with Gasteiger partial charge in [-0.2, -0.15) is 0 Å². The minimum Gasteiger partial charge on any atom is -0.396 e.